The molecule has 0 aliphatic carbocycles. The van der Waals surface area contributed by atoms with E-state index < -0.39 is 0 Å². The lowest BCUT2D eigenvalue weighted by Gasteiger charge is -2.18. The standard InChI is InChI=1S/C12H19NO3/c1-4-16-12(8-13)10-6-5-9(14-2)7-11(10)15-3/h5-7,12H,4,8,13H2,1-3H3/t12-/m1/s1. The highest BCUT2D eigenvalue weighted by Gasteiger charge is 2.15. The van der Waals surface area contributed by atoms with Crippen molar-refractivity contribution in [1.82, 2.24) is 0 Å². The number of hydrogen-bond donors (Lipinski definition) is 1. The fourth-order valence-electron chi connectivity index (χ4n) is 1.57. The first-order chi connectivity index (χ1) is 7.76. The summed E-state index contributed by atoms with van der Waals surface area (Å²) in [5.41, 5.74) is 6.62. The van der Waals surface area contributed by atoms with Gasteiger partial charge in [-0.2, -0.15) is 0 Å². The van der Waals surface area contributed by atoms with Gasteiger partial charge in [-0.3, -0.25) is 0 Å². The molecule has 2 N–H and O–H groups in total. The van der Waals surface area contributed by atoms with Gasteiger partial charge in [0.25, 0.3) is 0 Å². The largest absolute Gasteiger partial charge is 0.497 e. The van der Waals surface area contributed by atoms with Crippen LogP contribution >= 0.6 is 0 Å². The van der Waals surface area contributed by atoms with Gasteiger partial charge in [-0.15, -0.1) is 0 Å². The monoisotopic (exact) mass is 225 g/mol. The van der Waals surface area contributed by atoms with Crippen molar-refractivity contribution >= 4 is 0 Å². The molecule has 0 aromatic heterocycles. The van der Waals surface area contributed by atoms with Gasteiger partial charge in [0.15, 0.2) is 0 Å². The smallest absolute Gasteiger partial charge is 0.128 e. The van der Waals surface area contributed by atoms with Crippen LogP contribution in [0.1, 0.15) is 18.6 Å². The Hall–Kier alpha value is -1.26. The van der Waals surface area contributed by atoms with Crippen LogP contribution in [0.3, 0.4) is 0 Å². The fraction of sp³-hybridized carbons (Fsp3) is 0.500. The van der Waals surface area contributed by atoms with Gasteiger partial charge in [0.05, 0.1) is 20.3 Å². The molecule has 1 rings (SSSR count). The van der Waals surface area contributed by atoms with Gasteiger partial charge in [0.1, 0.15) is 11.5 Å². The molecule has 0 bridgehead atoms. The van der Waals surface area contributed by atoms with Crippen LogP contribution in [0.25, 0.3) is 0 Å². The normalized spacial score (nSPS) is 12.2. The second kappa shape index (κ2) is 6.35. The third kappa shape index (κ3) is 2.87. The van der Waals surface area contributed by atoms with E-state index in [0.717, 1.165) is 17.1 Å². The first-order valence-electron chi connectivity index (χ1n) is 5.30. The zero-order chi connectivity index (χ0) is 12.0. The van der Waals surface area contributed by atoms with Gasteiger partial charge in [0.2, 0.25) is 0 Å². The molecule has 0 saturated carbocycles. The zero-order valence-electron chi connectivity index (χ0n) is 10.0. The first kappa shape index (κ1) is 12.8. The Kier molecular flexibility index (Phi) is 5.08. The quantitative estimate of drug-likeness (QED) is 0.801. The minimum absolute atomic E-state index is 0.133. The van der Waals surface area contributed by atoms with Crippen LogP contribution in [0, 0.1) is 0 Å². The van der Waals surface area contributed by atoms with Crippen molar-refractivity contribution in [2.75, 3.05) is 27.4 Å². The van der Waals surface area contributed by atoms with Crippen molar-refractivity contribution in [3.8, 4) is 11.5 Å². The molecule has 0 saturated heterocycles. The Morgan fingerprint density at radius 3 is 2.50 bits per heavy atom. The van der Waals surface area contributed by atoms with Crippen molar-refractivity contribution < 1.29 is 14.2 Å². The minimum Gasteiger partial charge on any atom is -0.497 e. The Bertz CT molecular complexity index is 328. The van der Waals surface area contributed by atoms with E-state index in [9.17, 15) is 0 Å². The summed E-state index contributed by atoms with van der Waals surface area (Å²) in [6, 6.07) is 5.63. The van der Waals surface area contributed by atoms with Gasteiger partial charge in [-0.25, -0.2) is 0 Å². The number of nitrogens with two attached hydrogens (primary N) is 1. The summed E-state index contributed by atoms with van der Waals surface area (Å²) < 4.78 is 16.0. The lowest BCUT2D eigenvalue weighted by Crippen LogP contribution is -2.16. The maximum absolute atomic E-state index is 5.67. The molecule has 0 amide bonds. The number of ether oxygens (including phenoxy) is 3. The van der Waals surface area contributed by atoms with E-state index in [1.54, 1.807) is 14.2 Å². The molecule has 4 heteroatoms. The number of rotatable bonds is 6. The third-order valence-corrected chi connectivity index (χ3v) is 2.37. The SMILES string of the molecule is CCO[C@H](CN)c1ccc(OC)cc1OC. The minimum atomic E-state index is -0.133. The van der Waals surface area contributed by atoms with Crippen LogP contribution in [-0.2, 0) is 4.74 Å². The molecule has 0 unspecified atom stereocenters. The maximum atomic E-state index is 5.67. The van der Waals surface area contributed by atoms with E-state index in [-0.39, 0.29) is 6.10 Å². The summed E-state index contributed by atoms with van der Waals surface area (Å²) in [4.78, 5) is 0. The van der Waals surface area contributed by atoms with Gasteiger partial charge in [-0.1, -0.05) is 0 Å². The Morgan fingerprint density at radius 2 is 2.00 bits per heavy atom. The average molecular weight is 225 g/mol. The molecule has 0 fully saturated rings. The topological polar surface area (TPSA) is 53.7 Å². The van der Waals surface area contributed by atoms with Crippen LogP contribution in [0.4, 0.5) is 0 Å². The van der Waals surface area contributed by atoms with Crippen molar-refractivity contribution in [1.29, 1.82) is 0 Å². The first-order valence-corrected chi connectivity index (χ1v) is 5.30. The summed E-state index contributed by atoms with van der Waals surface area (Å²) in [6.45, 7) is 2.99. The van der Waals surface area contributed by atoms with Crippen molar-refractivity contribution in [3.05, 3.63) is 23.8 Å². The second-order valence-electron chi connectivity index (χ2n) is 3.29. The predicted octanol–water partition coefficient (Wildman–Crippen LogP) is 1.74. The van der Waals surface area contributed by atoms with Crippen LogP contribution in [0.2, 0.25) is 0 Å². The summed E-state index contributed by atoms with van der Waals surface area (Å²) in [6.07, 6.45) is -0.133. The number of methoxy groups -OCH3 is 2. The molecule has 1 aromatic rings. The van der Waals surface area contributed by atoms with Crippen molar-refractivity contribution in [2.24, 2.45) is 5.73 Å². The molecule has 0 aliphatic heterocycles. The van der Waals surface area contributed by atoms with Crippen LogP contribution in [0.5, 0.6) is 11.5 Å². The molecule has 0 spiro atoms. The summed E-state index contributed by atoms with van der Waals surface area (Å²) in [7, 11) is 3.25. The summed E-state index contributed by atoms with van der Waals surface area (Å²) in [5.74, 6) is 1.50. The van der Waals surface area contributed by atoms with Gasteiger partial charge in [-0.05, 0) is 19.1 Å². The maximum Gasteiger partial charge on any atom is 0.128 e. The number of benzene rings is 1. The molecule has 16 heavy (non-hydrogen) atoms. The highest BCUT2D eigenvalue weighted by molar-refractivity contribution is 5.42. The van der Waals surface area contributed by atoms with E-state index in [0.29, 0.717) is 13.2 Å². The Morgan fingerprint density at radius 1 is 1.25 bits per heavy atom. The Balaban J connectivity index is 3.01. The molecule has 1 aromatic carbocycles. The third-order valence-electron chi connectivity index (χ3n) is 2.37. The molecular formula is C12H19NO3. The molecule has 90 valence electrons. The van der Waals surface area contributed by atoms with E-state index in [2.05, 4.69) is 0 Å². The van der Waals surface area contributed by atoms with Gasteiger partial charge in [0, 0.05) is 24.8 Å². The van der Waals surface area contributed by atoms with Crippen LogP contribution in [-0.4, -0.2) is 27.4 Å². The molecule has 0 radical (unpaired) electrons. The van der Waals surface area contributed by atoms with E-state index in [4.69, 9.17) is 19.9 Å². The summed E-state index contributed by atoms with van der Waals surface area (Å²) in [5, 5.41) is 0. The molecule has 1 atom stereocenters. The van der Waals surface area contributed by atoms with Crippen molar-refractivity contribution in [3.63, 3.8) is 0 Å². The summed E-state index contributed by atoms with van der Waals surface area (Å²) >= 11 is 0. The van der Waals surface area contributed by atoms with Crippen LogP contribution < -0.4 is 15.2 Å². The molecular weight excluding hydrogens is 206 g/mol. The lowest BCUT2D eigenvalue weighted by molar-refractivity contribution is 0.0669. The molecule has 0 aliphatic rings. The van der Waals surface area contributed by atoms with E-state index >= 15 is 0 Å². The fourth-order valence-corrected chi connectivity index (χ4v) is 1.57. The number of hydrogen-bond acceptors (Lipinski definition) is 4. The van der Waals surface area contributed by atoms with E-state index in [1.807, 2.05) is 25.1 Å². The Labute approximate surface area is 96.3 Å². The predicted molar refractivity (Wildman–Crippen MR) is 63.0 cm³/mol. The highest BCUT2D eigenvalue weighted by atomic mass is 16.5. The average Bonchev–Trinajstić information content (AvgIpc) is 2.35. The lowest BCUT2D eigenvalue weighted by atomic mass is 10.1. The zero-order valence-corrected chi connectivity index (χ0v) is 10.0. The van der Waals surface area contributed by atoms with E-state index in [1.165, 1.54) is 0 Å². The molecule has 4 nitrogen and oxygen atoms in total. The van der Waals surface area contributed by atoms with Crippen molar-refractivity contribution in [2.45, 2.75) is 13.0 Å². The van der Waals surface area contributed by atoms with Gasteiger partial charge < -0.3 is 19.9 Å². The second-order valence-corrected chi connectivity index (χ2v) is 3.29. The van der Waals surface area contributed by atoms with Crippen LogP contribution in [0.15, 0.2) is 18.2 Å². The molecule has 0 heterocycles. The highest BCUT2D eigenvalue weighted by Crippen LogP contribution is 2.30. The van der Waals surface area contributed by atoms with Gasteiger partial charge >= 0.3 is 0 Å².